The van der Waals surface area contributed by atoms with Crippen molar-refractivity contribution >= 4 is 17.2 Å². The molecule has 21 heavy (non-hydrogen) atoms. The highest BCUT2D eigenvalue weighted by Gasteiger charge is 2.06. The Morgan fingerprint density at radius 2 is 2.33 bits per heavy atom. The maximum atomic E-state index is 11.9. The van der Waals surface area contributed by atoms with Gasteiger partial charge in [0.15, 0.2) is 0 Å². The van der Waals surface area contributed by atoms with Crippen LogP contribution in [0.5, 0.6) is 0 Å². The molecule has 6 heteroatoms. The molecule has 0 aliphatic heterocycles. The average Bonchev–Trinajstić information content (AvgIpc) is 2.91. The smallest absolute Gasteiger partial charge is 0.269 e. The molecule has 0 aliphatic carbocycles. The first-order valence-electron chi connectivity index (χ1n) is 6.53. The molecule has 0 fully saturated rings. The number of aromatic nitrogens is 2. The van der Waals surface area contributed by atoms with Crippen LogP contribution in [0.1, 0.15) is 26.8 Å². The summed E-state index contributed by atoms with van der Waals surface area (Å²) in [5.74, 6) is 5.41. The van der Waals surface area contributed by atoms with Crippen molar-refractivity contribution in [1.82, 2.24) is 15.3 Å². The number of thiazole rings is 1. The maximum Gasteiger partial charge on any atom is 0.269 e. The van der Waals surface area contributed by atoms with Gasteiger partial charge in [-0.15, -0.1) is 11.3 Å². The largest absolute Gasteiger partial charge is 0.350 e. The highest BCUT2D eigenvalue weighted by molar-refractivity contribution is 7.09. The third-order valence-corrected chi connectivity index (χ3v) is 3.65. The molecule has 0 radical (unpaired) electrons. The zero-order valence-corrected chi connectivity index (χ0v) is 12.5. The Morgan fingerprint density at radius 1 is 1.48 bits per heavy atom. The molecule has 2 heterocycles. The highest BCUT2D eigenvalue weighted by Crippen LogP contribution is 2.08. The Balaban J connectivity index is 1.85. The van der Waals surface area contributed by atoms with Crippen molar-refractivity contribution in [2.24, 2.45) is 5.73 Å². The summed E-state index contributed by atoms with van der Waals surface area (Å²) in [6.07, 6.45) is 2.30. The van der Waals surface area contributed by atoms with E-state index in [1.165, 1.54) is 0 Å². The normalized spacial score (nSPS) is 9.81. The molecular weight excluding hydrogens is 284 g/mol. The van der Waals surface area contributed by atoms with Gasteiger partial charge in [0.2, 0.25) is 0 Å². The molecule has 0 saturated heterocycles. The van der Waals surface area contributed by atoms with Gasteiger partial charge in [0, 0.05) is 35.8 Å². The summed E-state index contributed by atoms with van der Waals surface area (Å²) < 4.78 is 0. The quantitative estimate of drug-likeness (QED) is 0.829. The Bertz CT molecular complexity index is 667. The highest BCUT2D eigenvalue weighted by atomic mass is 32.1. The fourth-order valence-electron chi connectivity index (χ4n) is 1.65. The molecule has 0 bridgehead atoms. The van der Waals surface area contributed by atoms with Gasteiger partial charge >= 0.3 is 0 Å². The number of carbonyl (C=O) groups is 1. The van der Waals surface area contributed by atoms with Gasteiger partial charge in [-0.05, 0) is 19.1 Å². The topological polar surface area (TPSA) is 80.9 Å². The number of nitrogens with two attached hydrogens (primary N) is 1. The molecule has 5 nitrogen and oxygen atoms in total. The number of aryl methyl sites for hydroxylation is 1. The minimum absolute atomic E-state index is 0.193. The fraction of sp³-hybridized carbons (Fsp3) is 0.267. The lowest BCUT2D eigenvalue weighted by Gasteiger charge is -2.03. The first kappa shape index (κ1) is 15.2. The van der Waals surface area contributed by atoms with Gasteiger partial charge in [-0.1, -0.05) is 11.8 Å². The lowest BCUT2D eigenvalue weighted by atomic mass is 10.2. The van der Waals surface area contributed by atoms with E-state index in [2.05, 4.69) is 27.1 Å². The number of rotatable bonds is 4. The summed E-state index contributed by atoms with van der Waals surface area (Å²) in [7, 11) is 0. The number of hydrogen-bond acceptors (Lipinski definition) is 5. The van der Waals surface area contributed by atoms with Crippen LogP contribution >= 0.6 is 11.3 Å². The van der Waals surface area contributed by atoms with Crippen LogP contribution in [0, 0.1) is 18.8 Å². The van der Waals surface area contributed by atoms with Gasteiger partial charge in [0.25, 0.3) is 5.91 Å². The van der Waals surface area contributed by atoms with Crippen molar-refractivity contribution in [2.75, 3.05) is 13.1 Å². The van der Waals surface area contributed by atoms with Gasteiger partial charge < -0.3 is 11.1 Å². The van der Waals surface area contributed by atoms with E-state index in [0.29, 0.717) is 18.8 Å². The molecule has 0 spiro atoms. The lowest BCUT2D eigenvalue weighted by molar-refractivity contribution is 0.0949. The Kier molecular flexibility index (Phi) is 5.43. The summed E-state index contributed by atoms with van der Waals surface area (Å²) in [6.45, 7) is 2.80. The van der Waals surface area contributed by atoms with Gasteiger partial charge in [-0.25, -0.2) is 9.97 Å². The second-order valence-electron chi connectivity index (χ2n) is 4.33. The number of pyridine rings is 1. The predicted octanol–water partition coefficient (Wildman–Crippen LogP) is 1.13. The SMILES string of the molecule is Cc1csc(CCNC(=O)c2ccc(C#CCN)cn2)n1. The van der Waals surface area contributed by atoms with E-state index in [9.17, 15) is 4.79 Å². The predicted molar refractivity (Wildman–Crippen MR) is 83.1 cm³/mol. The van der Waals surface area contributed by atoms with Crippen LogP contribution in [0.25, 0.3) is 0 Å². The fourth-order valence-corrected chi connectivity index (χ4v) is 2.42. The lowest BCUT2D eigenvalue weighted by Crippen LogP contribution is -2.26. The van der Waals surface area contributed by atoms with E-state index in [0.717, 1.165) is 22.7 Å². The summed E-state index contributed by atoms with van der Waals surface area (Å²) >= 11 is 1.60. The van der Waals surface area contributed by atoms with E-state index in [-0.39, 0.29) is 5.91 Å². The molecule has 0 unspecified atom stereocenters. The molecule has 0 aromatic carbocycles. The van der Waals surface area contributed by atoms with E-state index in [4.69, 9.17) is 5.73 Å². The minimum atomic E-state index is -0.193. The zero-order chi connectivity index (χ0) is 15.1. The summed E-state index contributed by atoms with van der Waals surface area (Å²) in [5.41, 5.74) is 7.43. The number of nitrogens with zero attached hydrogens (tertiary/aromatic N) is 2. The first-order chi connectivity index (χ1) is 10.2. The molecule has 0 saturated carbocycles. The molecule has 2 aromatic heterocycles. The van der Waals surface area contributed by atoms with E-state index < -0.39 is 0 Å². The van der Waals surface area contributed by atoms with Crippen LogP contribution in [0.15, 0.2) is 23.7 Å². The monoisotopic (exact) mass is 300 g/mol. The number of amides is 1. The molecule has 0 atom stereocenters. The third kappa shape index (κ3) is 4.67. The minimum Gasteiger partial charge on any atom is -0.350 e. The Morgan fingerprint density at radius 3 is 2.95 bits per heavy atom. The van der Waals surface area contributed by atoms with Gasteiger partial charge in [-0.2, -0.15) is 0 Å². The van der Waals surface area contributed by atoms with Crippen LogP contribution in [0.2, 0.25) is 0 Å². The average molecular weight is 300 g/mol. The van der Waals surface area contributed by atoms with Crippen molar-refractivity contribution in [3.05, 3.63) is 45.7 Å². The van der Waals surface area contributed by atoms with Crippen molar-refractivity contribution < 1.29 is 4.79 Å². The van der Waals surface area contributed by atoms with Crippen molar-refractivity contribution in [3.63, 3.8) is 0 Å². The Hall–Kier alpha value is -2.23. The van der Waals surface area contributed by atoms with E-state index in [1.54, 1.807) is 29.7 Å². The van der Waals surface area contributed by atoms with Crippen molar-refractivity contribution in [1.29, 1.82) is 0 Å². The van der Waals surface area contributed by atoms with E-state index in [1.807, 2.05) is 12.3 Å². The van der Waals surface area contributed by atoms with Crippen LogP contribution in [0.3, 0.4) is 0 Å². The number of carbonyl (C=O) groups excluding carboxylic acids is 1. The van der Waals surface area contributed by atoms with Crippen LogP contribution < -0.4 is 11.1 Å². The van der Waals surface area contributed by atoms with Gasteiger partial charge in [0.05, 0.1) is 11.6 Å². The maximum absolute atomic E-state index is 11.9. The molecule has 108 valence electrons. The van der Waals surface area contributed by atoms with Crippen LogP contribution in [-0.2, 0) is 6.42 Å². The molecule has 2 aromatic rings. The second-order valence-corrected chi connectivity index (χ2v) is 5.27. The standard InChI is InChI=1S/C15H16N4OS/c1-11-10-21-14(19-11)6-8-17-15(20)13-5-4-12(9-18-13)3-2-7-16/h4-5,9-10H,6-8,16H2,1H3,(H,17,20). The Labute approximate surface area is 127 Å². The summed E-state index contributed by atoms with van der Waals surface area (Å²) in [6, 6.07) is 3.41. The molecule has 3 N–H and O–H groups in total. The van der Waals surface area contributed by atoms with Crippen LogP contribution in [0.4, 0.5) is 0 Å². The number of hydrogen-bond donors (Lipinski definition) is 2. The summed E-state index contributed by atoms with van der Waals surface area (Å²) in [5, 5.41) is 5.85. The van der Waals surface area contributed by atoms with E-state index >= 15 is 0 Å². The molecule has 2 rings (SSSR count). The first-order valence-corrected chi connectivity index (χ1v) is 7.41. The van der Waals surface area contributed by atoms with Crippen molar-refractivity contribution in [2.45, 2.75) is 13.3 Å². The van der Waals surface area contributed by atoms with Gasteiger partial charge in [-0.3, -0.25) is 4.79 Å². The second kappa shape index (κ2) is 7.53. The summed E-state index contributed by atoms with van der Waals surface area (Å²) in [4.78, 5) is 20.4. The third-order valence-electron chi connectivity index (χ3n) is 2.62. The molecule has 0 aliphatic rings. The van der Waals surface area contributed by atoms with Crippen molar-refractivity contribution in [3.8, 4) is 11.8 Å². The van der Waals surface area contributed by atoms with Gasteiger partial charge in [0.1, 0.15) is 5.69 Å². The molecule has 1 amide bonds. The van der Waals surface area contributed by atoms with Crippen LogP contribution in [-0.4, -0.2) is 29.0 Å². The number of nitrogens with one attached hydrogen (secondary N) is 1. The molecular formula is C15H16N4OS. The zero-order valence-electron chi connectivity index (χ0n) is 11.7.